The molecule has 4 rings (SSSR count). The third kappa shape index (κ3) is 3.44. The average Bonchev–Trinajstić information content (AvgIpc) is 3.37. The number of aromatic amines is 1. The summed E-state index contributed by atoms with van der Waals surface area (Å²) in [4.78, 5) is 22.1. The maximum absolute atomic E-state index is 12.4. The van der Waals surface area contributed by atoms with Gasteiger partial charge in [0.15, 0.2) is 5.13 Å². The number of hydrogen-bond donors (Lipinski definition) is 2. The van der Waals surface area contributed by atoms with E-state index in [9.17, 15) is 4.79 Å². The molecule has 0 unspecified atom stereocenters. The van der Waals surface area contributed by atoms with E-state index < -0.39 is 0 Å². The van der Waals surface area contributed by atoms with Gasteiger partial charge in [-0.25, -0.2) is 4.98 Å². The summed E-state index contributed by atoms with van der Waals surface area (Å²) >= 11 is 1.55. The molecule has 0 spiro atoms. The number of amides is 1. The highest BCUT2D eigenvalue weighted by Crippen LogP contribution is 2.28. The van der Waals surface area contributed by atoms with Crippen molar-refractivity contribution in [3.63, 3.8) is 0 Å². The van der Waals surface area contributed by atoms with E-state index >= 15 is 0 Å². The van der Waals surface area contributed by atoms with Gasteiger partial charge in [-0.05, 0) is 38.0 Å². The number of H-pyrrole nitrogens is 1. The lowest BCUT2D eigenvalue weighted by atomic mass is 10.2. The first-order chi connectivity index (χ1) is 12.2. The lowest BCUT2D eigenvalue weighted by Gasteiger charge is -2.13. The van der Waals surface area contributed by atoms with E-state index in [4.69, 9.17) is 0 Å². The number of anilines is 2. The Kier molecular flexibility index (Phi) is 4.28. The smallest absolute Gasteiger partial charge is 0.270 e. The Morgan fingerprint density at radius 1 is 1.24 bits per heavy atom. The van der Waals surface area contributed by atoms with Crippen LogP contribution in [0.4, 0.5) is 10.8 Å². The van der Waals surface area contributed by atoms with E-state index in [2.05, 4.69) is 34.3 Å². The summed E-state index contributed by atoms with van der Waals surface area (Å²) in [5.74, 6) is 0.0805. The van der Waals surface area contributed by atoms with E-state index in [1.54, 1.807) is 11.3 Å². The van der Waals surface area contributed by atoms with Crippen LogP contribution in [0.5, 0.6) is 0 Å². The van der Waals surface area contributed by atoms with Gasteiger partial charge in [0.25, 0.3) is 5.91 Å². The fourth-order valence-electron chi connectivity index (χ4n) is 2.98. The summed E-state index contributed by atoms with van der Waals surface area (Å²) in [7, 11) is 0. The molecule has 3 aromatic rings. The van der Waals surface area contributed by atoms with Crippen molar-refractivity contribution in [3.05, 3.63) is 53.2 Å². The van der Waals surface area contributed by atoms with E-state index in [1.165, 1.54) is 5.56 Å². The second-order valence-corrected chi connectivity index (χ2v) is 7.19. The van der Waals surface area contributed by atoms with Gasteiger partial charge >= 0.3 is 0 Å². The predicted octanol–water partition coefficient (Wildman–Crippen LogP) is 4.43. The van der Waals surface area contributed by atoms with Gasteiger partial charge in [-0.1, -0.05) is 17.7 Å². The monoisotopic (exact) mass is 352 g/mol. The highest BCUT2D eigenvalue weighted by Gasteiger charge is 2.21. The number of aromatic nitrogens is 2. The molecule has 6 heteroatoms. The number of nitrogens with zero attached hydrogens (tertiary/aromatic N) is 2. The average molecular weight is 352 g/mol. The number of benzene rings is 1. The van der Waals surface area contributed by atoms with Crippen molar-refractivity contribution >= 4 is 28.1 Å². The minimum absolute atomic E-state index is 0.0805. The summed E-state index contributed by atoms with van der Waals surface area (Å²) in [5.41, 5.74) is 4.70. The van der Waals surface area contributed by atoms with Crippen LogP contribution in [-0.2, 0) is 0 Å². The first-order valence-electron chi connectivity index (χ1n) is 8.46. The molecule has 0 saturated carbocycles. The van der Waals surface area contributed by atoms with Crippen LogP contribution < -0.4 is 5.32 Å². The van der Waals surface area contributed by atoms with Gasteiger partial charge in [-0.3, -0.25) is 4.79 Å². The highest BCUT2D eigenvalue weighted by atomic mass is 32.1. The van der Waals surface area contributed by atoms with Gasteiger partial charge in [0.05, 0.1) is 5.69 Å². The number of aryl methyl sites for hydroxylation is 1. The molecular weight excluding hydrogens is 332 g/mol. The number of carbonyl (C=O) groups excluding carboxylic acids is 1. The maximum atomic E-state index is 12.4. The van der Waals surface area contributed by atoms with Crippen molar-refractivity contribution in [1.82, 2.24) is 14.9 Å². The van der Waals surface area contributed by atoms with E-state index in [0.29, 0.717) is 5.69 Å². The standard InChI is InChI=1S/C19H20N4OS/c1-13-4-6-15(7-5-13)21-19-22-17(12-25-19)14-10-16(20-11-14)18(24)23-8-2-3-9-23/h4-7,10-12,20H,2-3,8-9H2,1H3,(H,21,22). The fraction of sp³-hybridized carbons (Fsp3) is 0.263. The number of thiazole rings is 1. The zero-order chi connectivity index (χ0) is 17.2. The van der Waals surface area contributed by atoms with Crippen molar-refractivity contribution in [2.75, 3.05) is 18.4 Å². The topological polar surface area (TPSA) is 61.0 Å². The van der Waals surface area contributed by atoms with Gasteiger partial charge in [0.2, 0.25) is 0 Å². The summed E-state index contributed by atoms with van der Waals surface area (Å²) in [6.45, 7) is 3.78. The van der Waals surface area contributed by atoms with Gasteiger partial charge in [-0.15, -0.1) is 11.3 Å². The quantitative estimate of drug-likeness (QED) is 0.730. The minimum atomic E-state index is 0.0805. The van der Waals surface area contributed by atoms with Crippen molar-refractivity contribution in [3.8, 4) is 11.3 Å². The second kappa shape index (κ2) is 6.72. The molecule has 3 heterocycles. The normalized spacial score (nSPS) is 14.0. The molecule has 1 aliphatic rings. The minimum Gasteiger partial charge on any atom is -0.357 e. The van der Waals surface area contributed by atoms with Crippen molar-refractivity contribution < 1.29 is 4.79 Å². The molecule has 1 amide bonds. The van der Waals surface area contributed by atoms with E-state index in [1.807, 2.05) is 34.7 Å². The number of nitrogens with one attached hydrogen (secondary N) is 2. The van der Waals surface area contributed by atoms with Crippen LogP contribution in [0.15, 0.2) is 41.9 Å². The van der Waals surface area contributed by atoms with Gasteiger partial charge < -0.3 is 15.2 Å². The molecule has 2 aromatic heterocycles. The third-order valence-electron chi connectivity index (χ3n) is 4.41. The zero-order valence-electron chi connectivity index (χ0n) is 14.1. The lowest BCUT2D eigenvalue weighted by molar-refractivity contribution is 0.0788. The fourth-order valence-corrected chi connectivity index (χ4v) is 3.72. The van der Waals surface area contributed by atoms with Gasteiger partial charge in [0, 0.05) is 35.9 Å². The van der Waals surface area contributed by atoms with Crippen LogP contribution in [-0.4, -0.2) is 33.9 Å². The number of likely N-dealkylation sites (tertiary alicyclic amines) is 1. The van der Waals surface area contributed by atoms with Crippen LogP contribution in [0.2, 0.25) is 0 Å². The van der Waals surface area contributed by atoms with Crippen molar-refractivity contribution in [2.24, 2.45) is 0 Å². The Morgan fingerprint density at radius 3 is 2.76 bits per heavy atom. The molecule has 2 N–H and O–H groups in total. The Labute approximate surface area is 150 Å². The second-order valence-electron chi connectivity index (χ2n) is 6.33. The Morgan fingerprint density at radius 2 is 2.00 bits per heavy atom. The first-order valence-corrected chi connectivity index (χ1v) is 9.34. The molecule has 5 nitrogen and oxygen atoms in total. The molecule has 1 aromatic carbocycles. The summed E-state index contributed by atoms with van der Waals surface area (Å²) in [6, 6.07) is 10.1. The van der Waals surface area contributed by atoms with Gasteiger partial charge in [-0.2, -0.15) is 0 Å². The molecular formula is C19H20N4OS. The Bertz CT molecular complexity index is 875. The molecule has 0 bridgehead atoms. The summed E-state index contributed by atoms with van der Waals surface area (Å²) in [6.07, 6.45) is 4.05. The summed E-state index contributed by atoms with van der Waals surface area (Å²) in [5, 5.41) is 6.16. The Hall–Kier alpha value is -2.60. The van der Waals surface area contributed by atoms with Gasteiger partial charge in [0.1, 0.15) is 5.69 Å². The molecule has 1 saturated heterocycles. The van der Waals surface area contributed by atoms with Crippen molar-refractivity contribution in [1.29, 1.82) is 0 Å². The lowest BCUT2D eigenvalue weighted by Crippen LogP contribution is -2.27. The van der Waals surface area contributed by atoms with E-state index in [0.717, 1.165) is 48.0 Å². The summed E-state index contributed by atoms with van der Waals surface area (Å²) < 4.78 is 0. The Balaban J connectivity index is 1.48. The van der Waals surface area contributed by atoms with Crippen LogP contribution in [0, 0.1) is 6.92 Å². The first kappa shape index (κ1) is 15.9. The molecule has 128 valence electrons. The van der Waals surface area contributed by atoms with Crippen molar-refractivity contribution in [2.45, 2.75) is 19.8 Å². The highest BCUT2D eigenvalue weighted by molar-refractivity contribution is 7.14. The maximum Gasteiger partial charge on any atom is 0.270 e. The van der Waals surface area contributed by atoms with Crippen LogP contribution in [0.3, 0.4) is 0 Å². The zero-order valence-corrected chi connectivity index (χ0v) is 14.9. The largest absolute Gasteiger partial charge is 0.357 e. The number of hydrogen-bond acceptors (Lipinski definition) is 4. The number of rotatable bonds is 4. The van der Waals surface area contributed by atoms with Crippen LogP contribution in [0.1, 0.15) is 28.9 Å². The SMILES string of the molecule is Cc1ccc(Nc2nc(-c3c[nH]c(C(=O)N4CCCC4)c3)cs2)cc1. The van der Waals surface area contributed by atoms with E-state index in [-0.39, 0.29) is 5.91 Å². The molecule has 1 aliphatic heterocycles. The molecule has 0 aliphatic carbocycles. The molecule has 0 radical (unpaired) electrons. The molecule has 25 heavy (non-hydrogen) atoms. The molecule has 1 fully saturated rings. The van der Waals surface area contributed by atoms with Crippen LogP contribution in [0.25, 0.3) is 11.3 Å². The number of carbonyl (C=O) groups is 1. The predicted molar refractivity (Wildman–Crippen MR) is 101 cm³/mol. The van der Waals surface area contributed by atoms with Crippen LogP contribution >= 0.6 is 11.3 Å². The molecule has 0 atom stereocenters. The third-order valence-corrected chi connectivity index (χ3v) is 5.17.